The van der Waals surface area contributed by atoms with Gasteiger partial charge in [0.1, 0.15) is 5.75 Å². The van der Waals surface area contributed by atoms with E-state index in [9.17, 15) is 4.79 Å². The van der Waals surface area contributed by atoms with Crippen molar-refractivity contribution in [3.05, 3.63) is 28.8 Å². The van der Waals surface area contributed by atoms with Crippen molar-refractivity contribution >= 4 is 5.78 Å². The van der Waals surface area contributed by atoms with Gasteiger partial charge in [0.2, 0.25) is 0 Å². The largest absolute Gasteiger partial charge is 0.481 e. The van der Waals surface area contributed by atoms with Crippen molar-refractivity contribution in [3.8, 4) is 5.75 Å². The normalized spacial score (nSPS) is 32.0. The van der Waals surface area contributed by atoms with E-state index in [1.807, 2.05) is 27.7 Å². The fraction of sp³-hybridized carbons (Fsp3) is 0.682. The number of piperidine rings is 1. The molecule has 1 aromatic carbocycles. The van der Waals surface area contributed by atoms with Crippen molar-refractivity contribution in [1.82, 2.24) is 5.32 Å². The molecule has 4 unspecified atom stereocenters. The van der Waals surface area contributed by atoms with Crippen LogP contribution in [0.1, 0.15) is 70.6 Å². The van der Waals surface area contributed by atoms with Crippen LogP contribution in [0.3, 0.4) is 0 Å². The minimum absolute atomic E-state index is 0.0918. The zero-order valence-corrected chi connectivity index (χ0v) is 17.0. The van der Waals surface area contributed by atoms with E-state index in [-0.39, 0.29) is 11.5 Å². The lowest BCUT2D eigenvalue weighted by Crippen LogP contribution is -2.62. The number of fused-ring (bicyclic) bond motifs is 1. The fourth-order valence-corrected chi connectivity index (χ4v) is 5.08. The van der Waals surface area contributed by atoms with E-state index in [1.54, 1.807) is 0 Å². The number of benzene rings is 1. The monoisotopic (exact) mass is 345 g/mol. The summed E-state index contributed by atoms with van der Waals surface area (Å²) in [6, 6.07) is 4.76. The molecule has 4 atom stereocenters. The van der Waals surface area contributed by atoms with Gasteiger partial charge in [-0.1, -0.05) is 39.8 Å². The third-order valence-electron chi connectivity index (χ3n) is 6.00. The van der Waals surface area contributed by atoms with Crippen LogP contribution in [-0.4, -0.2) is 24.5 Å². The van der Waals surface area contributed by atoms with Crippen molar-refractivity contribution in [2.75, 3.05) is 6.54 Å². The van der Waals surface area contributed by atoms with Gasteiger partial charge in [0, 0.05) is 23.4 Å². The SMILES string of the molecule is CC.CC.Cc1ccc(C)c2c1OC1C(=O)CCC3C(C)NCCC213. The highest BCUT2D eigenvalue weighted by atomic mass is 16.5. The first-order chi connectivity index (χ1) is 12.1. The van der Waals surface area contributed by atoms with E-state index >= 15 is 0 Å². The zero-order valence-electron chi connectivity index (χ0n) is 17.0. The topological polar surface area (TPSA) is 38.3 Å². The summed E-state index contributed by atoms with van der Waals surface area (Å²) in [5.41, 5.74) is 3.69. The molecule has 1 N–H and O–H groups in total. The Hall–Kier alpha value is -1.35. The molecule has 1 saturated carbocycles. The van der Waals surface area contributed by atoms with E-state index in [0.717, 1.165) is 30.7 Å². The smallest absolute Gasteiger partial charge is 0.174 e. The maximum atomic E-state index is 12.6. The number of carbonyl (C=O) groups excluding carboxylic acids is 1. The van der Waals surface area contributed by atoms with Gasteiger partial charge in [0.15, 0.2) is 11.9 Å². The van der Waals surface area contributed by atoms with Crippen molar-refractivity contribution in [3.63, 3.8) is 0 Å². The van der Waals surface area contributed by atoms with Gasteiger partial charge in [-0.25, -0.2) is 0 Å². The standard InChI is InChI=1S/C18H23NO2.2C2H6/c1-10-4-5-11(2)16-15(10)18-8-9-19-12(3)13(18)6-7-14(20)17(18)21-16;2*1-2/h4-5,12-13,17,19H,6-9H2,1-3H3;2*1-2H3. The molecule has 2 fully saturated rings. The number of ketones is 1. The Labute approximate surface area is 153 Å². The van der Waals surface area contributed by atoms with Crippen LogP contribution in [0.25, 0.3) is 0 Å². The average Bonchev–Trinajstić information content (AvgIpc) is 2.99. The Morgan fingerprint density at radius 1 is 1.12 bits per heavy atom. The van der Waals surface area contributed by atoms with Gasteiger partial charge in [-0.05, 0) is 57.2 Å². The fourth-order valence-electron chi connectivity index (χ4n) is 5.08. The van der Waals surface area contributed by atoms with Gasteiger partial charge >= 0.3 is 0 Å². The molecule has 25 heavy (non-hydrogen) atoms. The minimum atomic E-state index is -0.254. The molecule has 3 nitrogen and oxygen atoms in total. The molecule has 2 heterocycles. The van der Waals surface area contributed by atoms with Crippen LogP contribution in [0.4, 0.5) is 0 Å². The second kappa shape index (κ2) is 7.90. The molecule has 1 saturated heterocycles. The lowest BCUT2D eigenvalue weighted by molar-refractivity contribution is -0.134. The van der Waals surface area contributed by atoms with Crippen LogP contribution in [0.5, 0.6) is 5.75 Å². The first-order valence-corrected chi connectivity index (χ1v) is 10.1. The number of rotatable bonds is 0. The number of hydrogen-bond donors (Lipinski definition) is 1. The molecule has 140 valence electrons. The Kier molecular flexibility index (Phi) is 6.31. The second-order valence-corrected chi connectivity index (χ2v) is 7.05. The number of aryl methyl sites for hydroxylation is 2. The number of hydrogen-bond acceptors (Lipinski definition) is 3. The molecule has 1 aliphatic carbocycles. The molecule has 3 aliphatic rings. The molecular weight excluding hydrogens is 310 g/mol. The van der Waals surface area contributed by atoms with E-state index in [2.05, 4.69) is 38.2 Å². The molecule has 4 rings (SSSR count). The summed E-state index contributed by atoms with van der Waals surface area (Å²) >= 11 is 0. The van der Waals surface area contributed by atoms with Crippen molar-refractivity contribution in [2.45, 2.75) is 85.3 Å². The van der Waals surface area contributed by atoms with Crippen LogP contribution >= 0.6 is 0 Å². The van der Waals surface area contributed by atoms with Crippen LogP contribution in [0.2, 0.25) is 0 Å². The van der Waals surface area contributed by atoms with Crippen molar-refractivity contribution in [1.29, 1.82) is 0 Å². The predicted octanol–water partition coefficient (Wildman–Crippen LogP) is 4.72. The summed E-state index contributed by atoms with van der Waals surface area (Å²) in [6.07, 6.45) is 2.40. The lowest BCUT2D eigenvalue weighted by Gasteiger charge is -2.50. The summed E-state index contributed by atoms with van der Waals surface area (Å²) in [7, 11) is 0. The summed E-state index contributed by atoms with van der Waals surface area (Å²) in [6.45, 7) is 15.5. The second-order valence-electron chi connectivity index (χ2n) is 7.05. The van der Waals surface area contributed by atoms with E-state index < -0.39 is 0 Å². The zero-order chi connectivity index (χ0) is 18.8. The first-order valence-electron chi connectivity index (χ1n) is 10.1. The van der Waals surface area contributed by atoms with Gasteiger partial charge in [-0.2, -0.15) is 0 Å². The lowest BCUT2D eigenvalue weighted by atomic mass is 9.55. The summed E-state index contributed by atoms with van der Waals surface area (Å²) in [5.74, 6) is 1.79. The Bertz CT molecular complexity index is 625. The van der Waals surface area contributed by atoms with Crippen LogP contribution in [-0.2, 0) is 10.2 Å². The van der Waals surface area contributed by atoms with Crippen LogP contribution in [0, 0.1) is 19.8 Å². The van der Waals surface area contributed by atoms with Gasteiger partial charge in [0.05, 0.1) is 0 Å². The quantitative estimate of drug-likeness (QED) is 0.739. The number of ether oxygens (including phenoxy) is 1. The van der Waals surface area contributed by atoms with Gasteiger partial charge in [0.25, 0.3) is 0 Å². The third kappa shape index (κ3) is 2.91. The first kappa shape index (κ1) is 20.0. The molecule has 0 bridgehead atoms. The Morgan fingerprint density at radius 3 is 2.44 bits per heavy atom. The summed E-state index contributed by atoms with van der Waals surface area (Å²) in [5, 5.41) is 3.60. The molecule has 3 heteroatoms. The van der Waals surface area contributed by atoms with Gasteiger partial charge in [-0.15, -0.1) is 0 Å². The Balaban J connectivity index is 0.000000528. The molecular formula is C22H35NO2. The van der Waals surface area contributed by atoms with Crippen LogP contribution < -0.4 is 10.1 Å². The van der Waals surface area contributed by atoms with E-state index in [1.165, 1.54) is 11.1 Å². The van der Waals surface area contributed by atoms with Gasteiger partial charge < -0.3 is 10.1 Å². The average molecular weight is 346 g/mol. The van der Waals surface area contributed by atoms with Crippen molar-refractivity contribution < 1.29 is 9.53 Å². The molecule has 0 amide bonds. The summed E-state index contributed by atoms with van der Waals surface area (Å²) in [4.78, 5) is 12.6. The van der Waals surface area contributed by atoms with Gasteiger partial charge in [-0.3, -0.25) is 4.79 Å². The minimum Gasteiger partial charge on any atom is -0.481 e. The highest BCUT2D eigenvalue weighted by Crippen LogP contribution is 2.57. The Morgan fingerprint density at radius 2 is 1.76 bits per heavy atom. The van der Waals surface area contributed by atoms with E-state index in [0.29, 0.717) is 24.2 Å². The van der Waals surface area contributed by atoms with Crippen molar-refractivity contribution in [2.24, 2.45) is 5.92 Å². The van der Waals surface area contributed by atoms with Crippen LogP contribution in [0.15, 0.2) is 12.1 Å². The predicted molar refractivity (Wildman–Crippen MR) is 105 cm³/mol. The molecule has 1 aromatic rings. The molecule has 1 spiro atoms. The highest BCUT2D eigenvalue weighted by Gasteiger charge is 2.61. The van der Waals surface area contributed by atoms with E-state index in [4.69, 9.17) is 4.74 Å². The highest BCUT2D eigenvalue weighted by molar-refractivity contribution is 5.88. The number of Topliss-reactive ketones (excluding diaryl/α,β-unsaturated/α-hetero) is 1. The molecule has 2 aliphatic heterocycles. The maximum Gasteiger partial charge on any atom is 0.174 e. The number of nitrogens with one attached hydrogen (secondary N) is 1. The summed E-state index contributed by atoms with van der Waals surface area (Å²) < 4.78 is 6.27. The number of carbonyl (C=O) groups is 1. The maximum absolute atomic E-state index is 12.6. The molecule has 0 aromatic heterocycles. The molecule has 0 radical (unpaired) electrons. The third-order valence-corrected chi connectivity index (χ3v) is 6.00.